The molecule has 0 aliphatic heterocycles. The zero-order valence-electron chi connectivity index (χ0n) is 13.9. The lowest BCUT2D eigenvalue weighted by atomic mass is 10.00. The summed E-state index contributed by atoms with van der Waals surface area (Å²) in [5, 5.41) is 3.54. The maximum atomic E-state index is 5.79. The van der Waals surface area contributed by atoms with Crippen LogP contribution in [-0.4, -0.2) is 33.2 Å². The minimum Gasteiger partial charge on any atom is -0.497 e. The molecule has 4 heteroatoms. The van der Waals surface area contributed by atoms with Crippen LogP contribution in [0.2, 0.25) is 0 Å². The van der Waals surface area contributed by atoms with Crippen LogP contribution in [0.15, 0.2) is 18.2 Å². The molecule has 0 bridgehead atoms. The molecular formula is C17H29NO3. The first-order chi connectivity index (χ1) is 10.2. The van der Waals surface area contributed by atoms with E-state index in [9.17, 15) is 0 Å². The third-order valence-electron chi connectivity index (χ3n) is 3.36. The quantitative estimate of drug-likeness (QED) is 0.671. The van der Waals surface area contributed by atoms with Crippen molar-refractivity contribution in [3.8, 4) is 5.75 Å². The molecular weight excluding hydrogens is 266 g/mol. The molecule has 0 saturated carbocycles. The standard InChI is InChI=1S/C17H29NO3/c1-6-11-18-16(17(20-7-2)21-8-3)15-10-9-14(19-5)12-13(15)4/h9-10,12,16-18H,6-8,11H2,1-5H3. The third-order valence-corrected chi connectivity index (χ3v) is 3.36. The summed E-state index contributed by atoms with van der Waals surface area (Å²) in [5.74, 6) is 0.870. The molecule has 1 unspecified atom stereocenters. The summed E-state index contributed by atoms with van der Waals surface area (Å²) in [7, 11) is 1.68. The van der Waals surface area contributed by atoms with Gasteiger partial charge in [-0.25, -0.2) is 0 Å². The largest absolute Gasteiger partial charge is 0.497 e. The van der Waals surface area contributed by atoms with Crippen LogP contribution in [0.4, 0.5) is 0 Å². The van der Waals surface area contributed by atoms with Crippen molar-refractivity contribution >= 4 is 0 Å². The number of nitrogens with one attached hydrogen (secondary N) is 1. The van der Waals surface area contributed by atoms with Crippen molar-refractivity contribution in [2.75, 3.05) is 26.9 Å². The second-order valence-electron chi connectivity index (χ2n) is 4.93. The van der Waals surface area contributed by atoms with Crippen LogP contribution in [0.25, 0.3) is 0 Å². The average Bonchev–Trinajstić information content (AvgIpc) is 2.49. The van der Waals surface area contributed by atoms with Crippen LogP contribution in [0.1, 0.15) is 44.4 Å². The number of methoxy groups -OCH3 is 1. The number of hydrogen-bond acceptors (Lipinski definition) is 4. The van der Waals surface area contributed by atoms with E-state index in [0.717, 1.165) is 18.7 Å². The molecule has 0 spiro atoms. The minimum absolute atomic E-state index is 0.0238. The lowest BCUT2D eigenvalue weighted by Gasteiger charge is -2.29. The first-order valence-corrected chi connectivity index (χ1v) is 7.78. The van der Waals surface area contributed by atoms with Crippen molar-refractivity contribution in [1.29, 1.82) is 0 Å². The van der Waals surface area contributed by atoms with Gasteiger partial charge >= 0.3 is 0 Å². The molecule has 4 nitrogen and oxygen atoms in total. The molecule has 0 saturated heterocycles. The average molecular weight is 295 g/mol. The molecule has 21 heavy (non-hydrogen) atoms. The molecule has 0 amide bonds. The molecule has 1 atom stereocenters. The van der Waals surface area contributed by atoms with Crippen LogP contribution in [0, 0.1) is 6.92 Å². The first kappa shape index (κ1) is 18.0. The predicted molar refractivity (Wildman–Crippen MR) is 85.8 cm³/mol. The number of hydrogen-bond donors (Lipinski definition) is 1. The summed E-state index contributed by atoms with van der Waals surface area (Å²) < 4.78 is 16.9. The second-order valence-corrected chi connectivity index (χ2v) is 4.93. The van der Waals surface area contributed by atoms with Gasteiger partial charge in [0.15, 0.2) is 6.29 Å². The highest BCUT2D eigenvalue weighted by atomic mass is 16.7. The molecule has 1 rings (SSSR count). The SMILES string of the molecule is CCCNC(c1ccc(OC)cc1C)C(OCC)OCC. The Morgan fingerprint density at radius 3 is 2.24 bits per heavy atom. The lowest BCUT2D eigenvalue weighted by molar-refractivity contribution is -0.155. The van der Waals surface area contributed by atoms with E-state index in [2.05, 4.69) is 25.2 Å². The van der Waals surface area contributed by atoms with Crippen molar-refractivity contribution in [1.82, 2.24) is 5.32 Å². The molecule has 0 fully saturated rings. The molecule has 0 aliphatic rings. The molecule has 0 heterocycles. The zero-order valence-corrected chi connectivity index (χ0v) is 13.9. The Morgan fingerprint density at radius 1 is 1.10 bits per heavy atom. The Labute approximate surface area is 128 Å². The fourth-order valence-electron chi connectivity index (χ4n) is 2.35. The molecule has 1 aromatic rings. The highest BCUT2D eigenvalue weighted by Gasteiger charge is 2.25. The summed E-state index contributed by atoms with van der Waals surface area (Å²) in [6.45, 7) is 10.4. The van der Waals surface area contributed by atoms with E-state index in [0.29, 0.717) is 13.2 Å². The van der Waals surface area contributed by atoms with E-state index in [1.54, 1.807) is 7.11 Å². The molecule has 0 aromatic heterocycles. The molecule has 0 radical (unpaired) electrons. The fraction of sp³-hybridized carbons (Fsp3) is 0.647. The van der Waals surface area contributed by atoms with Crippen molar-refractivity contribution < 1.29 is 14.2 Å². The number of ether oxygens (including phenoxy) is 3. The number of rotatable bonds is 10. The monoisotopic (exact) mass is 295 g/mol. The van der Waals surface area contributed by atoms with Gasteiger partial charge in [0.05, 0.1) is 13.2 Å². The zero-order chi connectivity index (χ0) is 15.7. The van der Waals surface area contributed by atoms with Gasteiger partial charge in [0.1, 0.15) is 5.75 Å². The van der Waals surface area contributed by atoms with E-state index in [4.69, 9.17) is 14.2 Å². The van der Waals surface area contributed by atoms with Crippen LogP contribution in [-0.2, 0) is 9.47 Å². The van der Waals surface area contributed by atoms with E-state index in [-0.39, 0.29) is 12.3 Å². The topological polar surface area (TPSA) is 39.7 Å². The van der Waals surface area contributed by atoms with Gasteiger partial charge in [-0.2, -0.15) is 0 Å². The summed E-state index contributed by atoms with van der Waals surface area (Å²) in [6, 6.07) is 6.14. The Balaban J connectivity index is 3.04. The maximum Gasteiger partial charge on any atom is 0.176 e. The van der Waals surface area contributed by atoms with Gasteiger partial charge in [0, 0.05) is 13.2 Å². The molecule has 1 N–H and O–H groups in total. The first-order valence-electron chi connectivity index (χ1n) is 7.78. The minimum atomic E-state index is -0.279. The van der Waals surface area contributed by atoms with Gasteiger partial charge in [0.25, 0.3) is 0 Å². The third kappa shape index (κ3) is 5.30. The molecule has 0 aliphatic carbocycles. The summed E-state index contributed by atoms with van der Waals surface area (Å²) in [4.78, 5) is 0. The van der Waals surface area contributed by atoms with E-state index >= 15 is 0 Å². The van der Waals surface area contributed by atoms with E-state index in [1.807, 2.05) is 26.0 Å². The van der Waals surface area contributed by atoms with Gasteiger partial charge < -0.3 is 19.5 Å². The second kappa shape index (κ2) is 9.77. The van der Waals surface area contributed by atoms with Crippen LogP contribution >= 0.6 is 0 Å². The van der Waals surface area contributed by atoms with Crippen molar-refractivity contribution in [2.45, 2.75) is 46.4 Å². The number of benzene rings is 1. The highest BCUT2D eigenvalue weighted by molar-refractivity contribution is 5.37. The van der Waals surface area contributed by atoms with E-state index in [1.165, 1.54) is 11.1 Å². The molecule has 1 aromatic carbocycles. The van der Waals surface area contributed by atoms with Gasteiger partial charge in [0.2, 0.25) is 0 Å². The molecule has 120 valence electrons. The Kier molecular flexibility index (Phi) is 8.35. The van der Waals surface area contributed by atoms with Crippen LogP contribution in [0.5, 0.6) is 5.75 Å². The van der Waals surface area contributed by atoms with Crippen LogP contribution in [0.3, 0.4) is 0 Å². The van der Waals surface area contributed by atoms with Gasteiger partial charge in [-0.05, 0) is 57.0 Å². The lowest BCUT2D eigenvalue weighted by Crippen LogP contribution is -2.36. The van der Waals surface area contributed by atoms with Gasteiger partial charge in [-0.3, -0.25) is 0 Å². The predicted octanol–water partition coefficient (Wildman–Crippen LogP) is 3.44. The van der Waals surface area contributed by atoms with Crippen LogP contribution < -0.4 is 10.1 Å². The van der Waals surface area contributed by atoms with Gasteiger partial charge in [-0.1, -0.05) is 13.0 Å². The Bertz CT molecular complexity index is 403. The highest BCUT2D eigenvalue weighted by Crippen LogP contribution is 2.27. The smallest absolute Gasteiger partial charge is 0.176 e. The summed E-state index contributed by atoms with van der Waals surface area (Å²) >= 11 is 0. The fourth-order valence-corrected chi connectivity index (χ4v) is 2.35. The Morgan fingerprint density at radius 2 is 1.76 bits per heavy atom. The van der Waals surface area contributed by atoms with E-state index < -0.39 is 0 Å². The van der Waals surface area contributed by atoms with Crippen molar-refractivity contribution in [2.24, 2.45) is 0 Å². The normalized spacial score (nSPS) is 12.7. The van der Waals surface area contributed by atoms with Crippen molar-refractivity contribution in [3.63, 3.8) is 0 Å². The summed E-state index contributed by atoms with van der Waals surface area (Å²) in [6.07, 6.45) is 0.787. The summed E-state index contributed by atoms with van der Waals surface area (Å²) in [5.41, 5.74) is 2.36. The van der Waals surface area contributed by atoms with Gasteiger partial charge in [-0.15, -0.1) is 0 Å². The maximum absolute atomic E-state index is 5.79. The number of aryl methyl sites for hydroxylation is 1. The van der Waals surface area contributed by atoms with Crippen molar-refractivity contribution in [3.05, 3.63) is 29.3 Å². The Hall–Kier alpha value is -1.10.